The van der Waals surface area contributed by atoms with E-state index < -0.39 is 0 Å². The molecule has 0 bridgehead atoms. The summed E-state index contributed by atoms with van der Waals surface area (Å²) < 4.78 is 1.70. The molecule has 0 aliphatic carbocycles. The van der Waals surface area contributed by atoms with Crippen molar-refractivity contribution in [3.63, 3.8) is 0 Å². The number of benzene rings is 2. The van der Waals surface area contributed by atoms with Gasteiger partial charge in [-0.2, -0.15) is 5.10 Å². The topological polar surface area (TPSA) is 78.8 Å². The average molecular weight is 387 g/mol. The molecule has 1 aliphatic rings. The Balaban J connectivity index is 1.52. The molecule has 4 aromatic rings. The van der Waals surface area contributed by atoms with Crippen LogP contribution in [0.5, 0.6) is 5.75 Å². The van der Waals surface area contributed by atoms with Crippen LogP contribution in [-0.2, 0) is 26.6 Å². The molecule has 0 atom stereocenters. The maximum Gasteiger partial charge on any atom is 0.173 e. The molecule has 3 heterocycles. The van der Waals surface area contributed by atoms with Gasteiger partial charge in [0, 0.05) is 25.7 Å². The van der Waals surface area contributed by atoms with E-state index in [-0.39, 0.29) is 5.75 Å². The number of aromatic nitrogens is 4. The number of hydrogen-bond donors (Lipinski definition) is 3. The summed E-state index contributed by atoms with van der Waals surface area (Å²) in [7, 11) is 1.84. The molecule has 2 aromatic heterocycles. The van der Waals surface area contributed by atoms with Crippen molar-refractivity contribution in [2.75, 3.05) is 0 Å². The van der Waals surface area contributed by atoms with Crippen molar-refractivity contribution in [3.8, 4) is 28.5 Å². The van der Waals surface area contributed by atoms with Gasteiger partial charge in [0.05, 0.1) is 11.0 Å². The van der Waals surface area contributed by atoms with Crippen LogP contribution in [0, 0.1) is 0 Å². The van der Waals surface area contributed by atoms with Crippen molar-refractivity contribution in [3.05, 3.63) is 53.1 Å². The standard InChI is InChI=1S/C23H25N5O/c1-3-4-5-14-6-8-15(9-7-14)20-22(29)21(28(2)27-20)23-25-18-10-16-12-24-13-17(16)11-19(18)26-23/h6-11,24,29H,3-5,12-13H2,1-2H3,(H,25,26). The number of fused-ring (bicyclic) bond motifs is 2. The Morgan fingerprint density at radius 1 is 1.10 bits per heavy atom. The summed E-state index contributed by atoms with van der Waals surface area (Å²) in [5, 5.41) is 18.9. The van der Waals surface area contributed by atoms with Gasteiger partial charge in [-0.15, -0.1) is 0 Å². The normalized spacial score (nSPS) is 13.3. The van der Waals surface area contributed by atoms with Crippen LogP contribution < -0.4 is 5.32 Å². The van der Waals surface area contributed by atoms with Crippen molar-refractivity contribution < 1.29 is 5.11 Å². The highest BCUT2D eigenvalue weighted by molar-refractivity contribution is 5.83. The van der Waals surface area contributed by atoms with Crippen LogP contribution in [0.4, 0.5) is 0 Å². The smallest absolute Gasteiger partial charge is 0.173 e. The third-order valence-electron chi connectivity index (χ3n) is 5.73. The van der Waals surface area contributed by atoms with Crippen LogP contribution >= 0.6 is 0 Å². The lowest BCUT2D eigenvalue weighted by atomic mass is 10.0. The molecule has 3 N–H and O–H groups in total. The van der Waals surface area contributed by atoms with Crippen molar-refractivity contribution >= 4 is 11.0 Å². The summed E-state index contributed by atoms with van der Waals surface area (Å²) in [6, 6.07) is 12.6. The van der Waals surface area contributed by atoms with E-state index >= 15 is 0 Å². The largest absolute Gasteiger partial charge is 0.504 e. The lowest BCUT2D eigenvalue weighted by Crippen LogP contribution is -1.99. The highest BCUT2D eigenvalue weighted by atomic mass is 16.3. The van der Waals surface area contributed by atoms with E-state index in [9.17, 15) is 5.11 Å². The van der Waals surface area contributed by atoms with E-state index in [4.69, 9.17) is 4.98 Å². The number of nitrogens with zero attached hydrogens (tertiary/aromatic N) is 3. The van der Waals surface area contributed by atoms with Gasteiger partial charge >= 0.3 is 0 Å². The van der Waals surface area contributed by atoms with Crippen LogP contribution in [0.1, 0.15) is 36.5 Å². The second-order valence-electron chi connectivity index (χ2n) is 7.80. The van der Waals surface area contributed by atoms with Gasteiger partial charge in [-0.25, -0.2) is 4.98 Å². The molecule has 0 saturated carbocycles. The van der Waals surface area contributed by atoms with Crippen LogP contribution in [-0.4, -0.2) is 24.9 Å². The quantitative estimate of drug-likeness (QED) is 0.477. The fraction of sp³-hybridized carbons (Fsp3) is 0.304. The molecular weight excluding hydrogens is 362 g/mol. The summed E-state index contributed by atoms with van der Waals surface area (Å²) in [5.41, 5.74) is 7.87. The van der Waals surface area contributed by atoms with Crippen LogP contribution in [0.3, 0.4) is 0 Å². The van der Waals surface area contributed by atoms with E-state index in [0.717, 1.165) is 36.1 Å². The molecule has 1 aliphatic heterocycles. The number of hydrogen-bond acceptors (Lipinski definition) is 4. The lowest BCUT2D eigenvalue weighted by molar-refractivity contribution is 0.478. The molecule has 0 radical (unpaired) electrons. The van der Waals surface area contributed by atoms with Crippen LogP contribution in [0.25, 0.3) is 33.8 Å². The SMILES string of the molecule is CCCCc1ccc(-c2nn(C)c(-c3nc4cc5c(cc4[nH]3)CNC5)c2O)cc1. The first kappa shape index (κ1) is 17.9. The number of unbranched alkanes of at least 4 members (excludes halogenated alkanes) is 1. The molecule has 6 nitrogen and oxygen atoms in total. The van der Waals surface area contributed by atoms with Gasteiger partial charge in [-0.1, -0.05) is 37.6 Å². The zero-order chi connectivity index (χ0) is 20.0. The molecule has 148 valence electrons. The van der Waals surface area contributed by atoms with Gasteiger partial charge in [0.25, 0.3) is 0 Å². The average Bonchev–Trinajstić information content (AvgIpc) is 3.41. The second-order valence-corrected chi connectivity index (χ2v) is 7.80. The van der Waals surface area contributed by atoms with E-state index in [1.165, 1.54) is 29.5 Å². The van der Waals surface area contributed by atoms with Gasteiger partial charge in [0.15, 0.2) is 11.6 Å². The third kappa shape index (κ3) is 3.09. The minimum absolute atomic E-state index is 0.155. The van der Waals surface area contributed by atoms with Gasteiger partial charge in [0.1, 0.15) is 11.4 Å². The molecule has 0 spiro atoms. The third-order valence-corrected chi connectivity index (χ3v) is 5.73. The predicted molar refractivity (Wildman–Crippen MR) is 115 cm³/mol. The summed E-state index contributed by atoms with van der Waals surface area (Å²) in [6.07, 6.45) is 3.45. The van der Waals surface area contributed by atoms with Crippen LogP contribution in [0.15, 0.2) is 36.4 Å². The van der Waals surface area contributed by atoms with Crippen molar-refractivity contribution in [1.29, 1.82) is 0 Å². The first-order valence-corrected chi connectivity index (χ1v) is 10.2. The van der Waals surface area contributed by atoms with Crippen LogP contribution in [0.2, 0.25) is 0 Å². The molecule has 0 fully saturated rings. The Kier molecular flexibility index (Phi) is 4.36. The fourth-order valence-electron chi connectivity index (χ4n) is 4.10. The number of H-pyrrole nitrogens is 1. The molecule has 0 saturated heterocycles. The zero-order valence-electron chi connectivity index (χ0n) is 16.8. The minimum atomic E-state index is 0.155. The molecule has 29 heavy (non-hydrogen) atoms. The molecule has 0 amide bonds. The van der Waals surface area contributed by atoms with Gasteiger partial charge < -0.3 is 15.4 Å². The lowest BCUT2D eigenvalue weighted by Gasteiger charge is -2.02. The first-order chi connectivity index (χ1) is 14.1. The van der Waals surface area contributed by atoms with Crippen molar-refractivity contribution in [1.82, 2.24) is 25.1 Å². The molecule has 0 unspecified atom stereocenters. The minimum Gasteiger partial charge on any atom is -0.504 e. The number of aryl methyl sites for hydroxylation is 2. The van der Waals surface area contributed by atoms with E-state index in [2.05, 4.69) is 46.6 Å². The molecular formula is C23H25N5O. The van der Waals surface area contributed by atoms with Gasteiger partial charge in [0.2, 0.25) is 0 Å². The van der Waals surface area contributed by atoms with E-state index in [0.29, 0.717) is 17.2 Å². The Bertz CT molecular complexity index is 1150. The summed E-state index contributed by atoms with van der Waals surface area (Å²) in [6.45, 7) is 3.96. The fourth-order valence-corrected chi connectivity index (χ4v) is 4.10. The predicted octanol–water partition coefficient (Wildman–Crippen LogP) is 4.28. The van der Waals surface area contributed by atoms with Crippen molar-refractivity contribution in [2.45, 2.75) is 39.3 Å². The highest BCUT2D eigenvalue weighted by Crippen LogP contribution is 2.37. The summed E-state index contributed by atoms with van der Waals surface area (Å²) >= 11 is 0. The Morgan fingerprint density at radius 3 is 2.62 bits per heavy atom. The maximum atomic E-state index is 11.0. The summed E-state index contributed by atoms with van der Waals surface area (Å²) in [4.78, 5) is 8.09. The number of nitrogens with one attached hydrogen (secondary N) is 2. The summed E-state index contributed by atoms with van der Waals surface area (Å²) in [5.74, 6) is 0.789. The Labute approximate surface area is 169 Å². The molecule has 2 aromatic carbocycles. The van der Waals surface area contributed by atoms with E-state index in [1.54, 1.807) is 4.68 Å². The number of aromatic amines is 1. The Hall–Kier alpha value is -3.12. The van der Waals surface area contributed by atoms with Gasteiger partial charge in [-0.3, -0.25) is 4.68 Å². The highest BCUT2D eigenvalue weighted by Gasteiger charge is 2.22. The second kappa shape index (κ2) is 7.04. The molecule has 5 rings (SSSR count). The molecule has 6 heteroatoms. The first-order valence-electron chi connectivity index (χ1n) is 10.2. The number of aromatic hydroxyl groups is 1. The van der Waals surface area contributed by atoms with Crippen molar-refractivity contribution in [2.24, 2.45) is 7.05 Å². The monoisotopic (exact) mass is 387 g/mol. The zero-order valence-corrected chi connectivity index (χ0v) is 16.8. The van der Waals surface area contributed by atoms with Gasteiger partial charge in [-0.05, 0) is 41.7 Å². The maximum absolute atomic E-state index is 11.0. The Morgan fingerprint density at radius 2 is 1.86 bits per heavy atom. The van der Waals surface area contributed by atoms with E-state index in [1.807, 2.05) is 19.2 Å². The number of rotatable bonds is 5. The number of imidazole rings is 1.